The van der Waals surface area contributed by atoms with Gasteiger partial charge in [-0.15, -0.1) is 0 Å². The molecule has 1 N–H and O–H groups in total. The highest BCUT2D eigenvalue weighted by Gasteiger charge is 2.33. The normalized spacial score (nSPS) is 17.4. The van der Waals surface area contributed by atoms with E-state index in [-0.39, 0.29) is 11.0 Å². The average molecular weight is 268 g/mol. The monoisotopic (exact) mass is 268 g/mol. The summed E-state index contributed by atoms with van der Waals surface area (Å²) in [6, 6.07) is 5.06. The molecule has 0 bridgehead atoms. The predicted octanol–water partition coefficient (Wildman–Crippen LogP) is 4.18. The number of anilines is 1. The van der Waals surface area contributed by atoms with Crippen molar-refractivity contribution in [2.75, 3.05) is 11.9 Å². The Kier molecular flexibility index (Phi) is 3.44. The van der Waals surface area contributed by atoms with Gasteiger partial charge in [0.15, 0.2) is 0 Å². The van der Waals surface area contributed by atoms with Gasteiger partial charge in [-0.25, -0.2) is 0 Å². The zero-order valence-electron chi connectivity index (χ0n) is 10.6. The fourth-order valence-electron chi connectivity index (χ4n) is 2.23. The molecule has 2 nitrogen and oxygen atoms in total. The molecule has 0 saturated heterocycles. The van der Waals surface area contributed by atoms with Crippen LogP contribution in [0, 0.1) is 16.7 Å². The van der Waals surface area contributed by atoms with Crippen molar-refractivity contribution in [2.45, 2.75) is 32.4 Å². The second kappa shape index (κ2) is 4.76. The summed E-state index contributed by atoms with van der Waals surface area (Å²) in [4.78, 5) is 0. The molecule has 1 aromatic rings. The Labute approximate surface area is 110 Å². The number of hydrogen-bond donors (Lipinski definition) is 1. The van der Waals surface area contributed by atoms with E-state index in [1.807, 2.05) is 6.07 Å². The SMILES string of the molecule is CC1(CNc2ccc(C(F)(F)F)cc2C#N)CCC1. The Morgan fingerprint density at radius 3 is 2.53 bits per heavy atom. The Bertz CT molecular complexity index is 510. The van der Waals surface area contributed by atoms with Crippen molar-refractivity contribution < 1.29 is 13.2 Å². The van der Waals surface area contributed by atoms with Crippen LogP contribution in [-0.2, 0) is 6.18 Å². The van der Waals surface area contributed by atoms with Crippen LogP contribution in [0.15, 0.2) is 18.2 Å². The first kappa shape index (κ1) is 13.7. The number of nitrogens with zero attached hydrogens (tertiary/aromatic N) is 1. The van der Waals surface area contributed by atoms with E-state index in [2.05, 4.69) is 12.2 Å². The summed E-state index contributed by atoms with van der Waals surface area (Å²) in [7, 11) is 0. The minimum Gasteiger partial charge on any atom is -0.383 e. The van der Waals surface area contributed by atoms with Gasteiger partial charge in [0, 0.05) is 6.54 Å². The number of nitrogens with one attached hydrogen (secondary N) is 1. The van der Waals surface area contributed by atoms with Gasteiger partial charge in [-0.2, -0.15) is 18.4 Å². The van der Waals surface area contributed by atoms with Crippen LogP contribution in [-0.4, -0.2) is 6.54 Å². The van der Waals surface area contributed by atoms with Crippen LogP contribution in [0.5, 0.6) is 0 Å². The fourth-order valence-corrected chi connectivity index (χ4v) is 2.23. The zero-order chi connectivity index (χ0) is 14.1. The van der Waals surface area contributed by atoms with Crippen molar-refractivity contribution in [3.8, 4) is 6.07 Å². The summed E-state index contributed by atoms with van der Waals surface area (Å²) >= 11 is 0. The van der Waals surface area contributed by atoms with Crippen LogP contribution in [0.2, 0.25) is 0 Å². The Morgan fingerprint density at radius 1 is 1.37 bits per heavy atom. The molecule has 1 aliphatic rings. The van der Waals surface area contributed by atoms with Crippen LogP contribution < -0.4 is 5.32 Å². The summed E-state index contributed by atoms with van der Waals surface area (Å²) in [5.41, 5.74) is -0.0686. The molecule has 2 rings (SSSR count). The van der Waals surface area contributed by atoms with Crippen LogP contribution >= 0.6 is 0 Å². The van der Waals surface area contributed by atoms with Crippen molar-refractivity contribution in [1.82, 2.24) is 0 Å². The Morgan fingerprint density at radius 2 is 2.05 bits per heavy atom. The number of halogens is 3. The molecule has 0 radical (unpaired) electrons. The summed E-state index contributed by atoms with van der Waals surface area (Å²) < 4.78 is 37.6. The standard InChI is InChI=1S/C14H15F3N2/c1-13(5-2-6-13)9-19-12-4-3-11(14(15,16)17)7-10(12)8-18/h3-4,7,19H,2,5-6,9H2,1H3. The molecule has 0 spiro atoms. The molecule has 102 valence electrons. The predicted molar refractivity (Wildman–Crippen MR) is 66.6 cm³/mol. The third-order valence-electron chi connectivity index (χ3n) is 3.73. The smallest absolute Gasteiger partial charge is 0.383 e. The highest BCUT2D eigenvalue weighted by molar-refractivity contribution is 5.59. The van der Waals surface area contributed by atoms with Gasteiger partial charge in [0.1, 0.15) is 6.07 Å². The first-order valence-electron chi connectivity index (χ1n) is 6.19. The van der Waals surface area contributed by atoms with E-state index in [0.717, 1.165) is 25.0 Å². The lowest BCUT2D eigenvalue weighted by molar-refractivity contribution is -0.137. The number of nitriles is 1. The first-order valence-corrected chi connectivity index (χ1v) is 6.19. The Hall–Kier alpha value is -1.70. The van der Waals surface area contributed by atoms with E-state index in [1.54, 1.807) is 0 Å². The molecule has 1 aliphatic carbocycles. The van der Waals surface area contributed by atoms with Crippen LogP contribution in [0.1, 0.15) is 37.3 Å². The maximum atomic E-state index is 12.5. The topological polar surface area (TPSA) is 35.8 Å². The van der Waals surface area contributed by atoms with E-state index in [9.17, 15) is 13.2 Å². The van der Waals surface area contributed by atoms with Crippen LogP contribution in [0.3, 0.4) is 0 Å². The number of rotatable bonds is 3. The summed E-state index contributed by atoms with van der Waals surface area (Å²) in [6.45, 7) is 2.83. The van der Waals surface area contributed by atoms with Crippen molar-refractivity contribution in [3.05, 3.63) is 29.3 Å². The molecule has 0 aliphatic heterocycles. The zero-order valence-corrected chi connectivity index (χ0v) is 10.6. The van der Waals surface area contributed by atoms with Crippen molar-refractivity contribution in [2.24, 2.45) is 5.41 Å². The number of alkyl halides is 3. The van der Waals surface area contributed by atoms with Crippen molar-refractivity contribution in [1.29, 1.82) is 5.26 Å². The fraction of sp³-hybridized carbons (Fsp3) is 0.500. The third-order valence-corrected chi connectivity index (χ3v) is 3.73. The molecule has 0 atom stereocenters. The molecular formula is C14H15F3N2. The quantitative estimate of drug-likeness (QED) is 0.892. The Balaban J connectivity index is 2.15. The van der Waals surface area contributed by atoms with E-state index in [1.165, 1.54) is 12.5 Å². The van der Waals surface area contributed by atoms with Crippen LogP contribution in [0.4, 0.5) is 18.9 Å². The number of hydrogen-bond acceptors (Lipinski definition) is 2. The molecule has 0 heterocycles. The maximum Gasteiger partial charge on any atom is 0.416 e. The number of benzene rings is 1. The summed E-state index contributed by atoms with van der Waals surface area (Å²) in [6.07, 6.45) is -0.995. The molecule has 19 heavy (non-hydrogen) atoms. The van der Waals surface area contributed by atoms with Gasteiger partial charge in [0.05, 0.1) is 16.8 Å². The lowest BCUT2D eigenvalue weighted by atomic mass is 9.70. The molecule has 1 saturated carbocycles. The van der Waals surface area contributed by atoms with Crippen molar-refractivity contribution in [3.63, 3.8) is 0 Å². The van der Waals surface area contributed by atoms with Gasteiger partial charge in [-0.3, -0.25) is 0 Å². The van der Waals surface area contributed by atoms with Gasteiger partial charge in [-0.05, 0) is 36.5 Å². The third kappa shape index (κ3) is 3.01. The van der Waals surface area contributed by atoms with Gasteiger partial charge < -0.3 is 5.32 Å². The molecule has 5 heteroatoms. The molecule has 1 fully saturated rings. The molecule has 0 unspecified atom stereocenters. The van der Waals surface area contributed by atoms with E-state index in [0.29, 0.717) is 12.2 Å². The molecular weight excluding hydrogens is 253 g/mol. The maximum absolute atomic E-state index is 12.5. The van der Waals surface area contributed by atoms with Crippen molar-refractivity contribution >= 4 is 5.69 Å². The summed E-state index contributed by atoms with van der Waals surface area (Å²) in [5.74, 6) is 0. The minimum atomic E-state index is -4.41. The van der Waals surface area contributed by atoms with Gasteiger partial charge >= 0.3 is 6.18 Å². The largest absolute Gasteiger partial charge is 0.416 e. The minimum absolute atomic E-state index is 0.0396. The van der Waals surface area contributed by atoms with Gasteiger partial charge in [0.2, 0.25) is 0 Å². The summed E-state index contributed by atoms with van der Waals surface area (Å²) in [5, 5.41) is 12.0. The molecule has 0 amide bonds. The average Bonchev–Trinajstić information content (AvgIpc) is 2.32. The first-order chi connectivity index (χ1) is 8.84. The lowest BCUT2D eigenvalue weighted by Crippen LogP contribution is -2.33. The highest BCUT2D eigenvalue weighted by atomic mass is 19.4. The van der Waals surface area contributed by atoms with E-state index in [4.69, 9.17) is 5.26 Å². The second-order valence-corrected chi connectivity index (χ2v) is 5.39. The molecule has 1 aromatic carbocycles. The van der Waals surface area contributed by atoms with E-state index < -0.39 is 11.7 Å². The van der Waals surface area contributed by atoms with Gasteiger partial charge in [0.25, 0.3) is 0 Å². The lowest BCUT2D eigenvalue weighted by Gasteiger charge is -2.38. The highest BCUT2D eigenvalue weighted by Crippen LogP contribution is 2.40. The van der Waals surface area contributed by atoms with E-state index >= 15 is 0 Å². The molecule has 0 aromatic heterocycles. The van der Waals surface area contributed by atoms with Crippen LogP contribution in [0.25, 0.3) is 0 Å². The van der Waals surface area contributed by atoms with Gasteiger partial charge in [-0.1, -0.05) is 13.3 Å². The second-order valence-electron chi connectivity index (χ2n) is 5.39.